The Balaban J connectivity index is 1.75. The Bertz CT molecular complexity index is 750. The molecule has 24 heavy (non-hydrogen) atoms. The highest BCUT2D eigenvalue weighted by Crippen LogP contribution is 2.31. The number of benzene rings is 2. The fourth-order valence-electron chi connectivity index (χ4n) is 2.84. The van der Waals surface area contributed by atoms with E-state index < -0.39 is 0 Å². The molecular formula is C21H21NO2. The van der Waals surface area contributed by atoms with Crippen molar-refractivity contribution in [2.75, 3.05) is 18.1 Å². The lowest BCUT2D eigenvalue weighted by Crippen LogP contribution is -2.35. The Labute approximate surface area is 142 Å². The van der Waals surface area contributed by atoms with Crippen molar-refractivity contribution in [3.05, 3.63) is 78.4 Å². The van der Waals surface area contributed by atoms with E-state index in [1.54, 1.807) is 6.08 Å². The molecule has 0 atom stereocenters. The van der Waals surface area contributed by atoms with E-state index in [9.17, 15) is 4.79 Å². The molecule has 3 nitrogen and oxygen atoms in total. The maximum absolute atomic E-state index is 12.3. The molecule has 1 heterocycles. The number of amides is 1. The summed E-state index contributed by atoms with van der Waals surface area (Å²) in [6.45, 7) is 4.72. The predicted octanol–water partition coefficient (Wildman–Crippen LogP) is 4.24. The average molecular weight is 319 g/mol. The quantitative estimate of drug-likeness (QED) is 0.745. The van der Waals surface area contributed by atoms with E-state index in [2.05, 4.69) is 6.58 Å². The van der Waals surface area contributed by atoms with Crippen LogP contribution >= 0.6 is 0 Å². The molecule has 0 bridgehead atoms. The maximum atomic E-state index is 12.3. The van der Waals surface area contributed by atoms with Crippen molar-refractivity contribution in [2.24, 2.45) is 0 Å². The third kappa shape index (κ3) is 3.74. The maximum Gasteiger partial charge on any atom is 0.227 e. The second kappa shape index (κ2) is 7.64. The fraction of sp³-hybridized carbons (Fsp3) is 0.190. The Hall–Kier alpha value is -2.81. The molecule has 3 heteroatoms. The van der Waals surface area contributed by atoms with Gasteiger partial charge >= 0.3 is 0 Å². The summed E-state index contributed by atoms with van der Waals surface area (Å²) < 4.78 is 5.59. The second-order valence-electron chi connectivity index (χ2n) is 5.71. The number of rotatable bonds is 6. The standard InChI is InChI=1S/C21H21NO2/c1-2-15-24-19-11-12-20-18(16-19)10-13-21(23)22(20)14-6-9-17-7-4-3-5-8-17/h2-9,11-12,16H,1,10,13-15H2/b9-6+. The average Bonchev–Trinajstić information content (AvgIpc) is 2.62. The molecule has 0 aliphatic carbocycles. The van der Waals surface area contributed by atoms with Crippen LogP contribution in [-0.4, -0.2) is 19.1 Å². The van der Waals surface area contributed by atoms with Crippen LogP contribution in [0, 0.1) is 0 Å². The number of hydrogen-bond acceptors (Lipinski definition) is 2. The van der Waals surface area contributed by atoms with Gasteiger partial charge in [0, 0.05) is 18.7 Å². The SMILES string of the molecule is C=CCOc1ccc2c(c1)CCC(=O)N2C/C=C/c1ccccc1. The molecule has 1 aliphatic rings. The summed E-state index contributed by atoms with van der Waals surface area (Å²) in [5.74, 6) is 0.989. The Morgan fingerprint density at radius 3 is 2.75 bits per heavy atom. The van der Waals surface area contributed by atoms with E-state index in [1.165, 1.54) is 0 Å². The van der Waals surface area contributed by atoms with Crippen LogP contribution in [0.1, 0.15) is 17.5 Å². The van der Waals surface area contributed by atoms with Crippen LogP contribution in [0.25, 0.3) is 6.08 Å². The number of carbonyl (C=O) groups is 1. The Morgan fingerprint density at radius 2 is 1.96 bits per heavy atom. The van der Waals surface area contributed by atoms with Crippen molar-refractivity contribution >= 4 is 17.7 Å². The zero-order valence-corrected chi connectivity index (χ0v) is 13.7. The van der Waals surface area contributed by atoms with Crippen LogP contribution in [0.15, 0.2) is 67.3 Å². The monoisotopic (exact) mass is 319 g/mol. The van der Waals surface area contributed by atoms with Gasteiger partial charge in [-0.25, -0.2) is 0 Å². The molecule has 2 aromatic carbocycles. The van der Waals surface area contributed by atoms with Crippen molar-refractivity contribution in [3.63, 3.8) is 0 Å². The molecule has 2 aromatic rings. The van der Waals surface area contributed by atoms with E-state index in [-0.39, 0.29) is 5.91 Å². The van der Waals surface area contributed by atoms with Crippen molar-refractivity contribution in [3.8, 4) is 5.75 Å². The smallest absolute Gasteiger partial charge is 0.227 e. The van der Waals surface area contributed by atoms with E-state index in [1.807, 2.05) is 65.6 Å². The lowest BCUT2D eigenvalue weighted by atomic mass is 10.0. The van der Waals surface area contributed by atoms with Gasteiger partial charge in [0.2, 0.25) is 5.91 Å². The van der Waals surface area contributed by atoms with Gasteiger partial charge < -0.3 is 9.64 Å². The summed E-state index contributed by atoms with van der Waals surface area (Å²) in [6.07, 6.45) is 7.10. The number of fused-ring (bicyclic) bond motifs is 1. The van der Waals surface area contributed by atoms with Gasteiger partial charge in [-0.1, -0.05) is 55.1 Å². The van der Waals surface area contributed by atoms with Gasteiger partial charge in [-0.05, 0) is 35.7 Å². The topological polar surface area (TPSA) is 29.5 Å². The first-order valence-electron chi connectivity index (χ1n) is 8.16. The highest BCUT2D eigenvalue weighted by molar-refractivity contribution is 5.96. The number of ether oxygens (including phenoxy) is 1. The van der Waals surface area contributed by atoms with Gasteiger partial charge in [0.05, 0.1) is 0 Å². The normalized spacial score (nSPS) is 13.8. The largest absolute Gasteiger partial charge is 0.490 e. The molecule has 0 saturated carbocycles. The van der Waals surface area contributed by atoms with E-state index in [4.69, 9.17) is 4.74 Å². The number of aryl methyl sites for hydroxylation is 1. The molecule has 1 aliphatic heterocycles. The number of nitrogens with zero attached hydrogens (tertiary/aromatic N) is 1. The van der Waals surface area contributed by atoms with Crippen LogP contribution in [0.4, 0.5) is 5.69 Å². The first-order chi connectivity index (χ1) is 11.8. The molecule has 122 valence electrons. The molecule has 0 N–H and O–H groups in total. The van der Waals surface area contributed by atoms with Gasteiger partial charge in [0.25, 0.3) is 0 Å². The van der Waals surface area contributed by atoms with Crippen LogP contribution in [0.2, 0.25) is 0 Å². The summed E-state index contributed by atoms with van der Waals surface area (Å²) in [6, 6.07) is 16.0. The number of anilines is 1. The molecule has 0 unspecified atom stereocenters. The summed E-state index contributed by atoms with van der Waals surface area (Å²) in [5, 5.41) is 0. The molecule has 0 saturated heterocycles. The summed E-state index contributed by atoms with van der Waals surface area (Å²) >= 11 is 0. The third-order valence-electron chi connectivity index (χ3n) is 4.02. The van der Waals surface area contributed by atoms with Crippen LogP contribution in [0.5, 0.6) is 5.75 Å². The number of carbonyl (C=O) groups excluding carboxylic acids is 1. The van der Waals surface area contributed by atoms with Crippen molar-refractivity contribution in [1.82, 2.24) is 0 Å². The van der Waals surface area contributed by atoms with Crippen LogP contribution in [0.3, 0.4) is 0 Å². The summed E-state index contributed by atoms with van der Waals surface area (Å²) in [5.41, 5.74) is 3.27. The van der Waals surface area contributed by atoms with Crippen LogP contribution in [-0.2, 0) is 11.2 Å². The molecule has 3 rings (SSSR count). The fourth-order valence-corrected chi connectivity index (χ4v) is 2.84. The zero-order chi connectivity index (χ0) is 16.8. The van der Waals surface area contributed by atoms with Gasteiger partial charge in [-0.15, -0.1) is 0 Å². The highest BCUT2D eigenvalue weighted by atomic mass is 16.5. The van der Waals surface area contributed by atoms with E-state index >= 15 is 0 Å². The zero-order valence-electron chi connectivity index (χ0n) is 13.7. The highest BCUT2D eigenvalue weighted by Gasteiger charge is 2.23. The number of hydrogen-bond donors (Lipinski definition) is 0. The Morgan fingerprint density at radius 1 is 1.12 bits per heavy atom. The minimum Gasteiger partial charge on any atom is -0.490 e. The predicted molar refractivity (Wildman–Crippen MR) is 98.3 cm³/mol. The summed E-state index contributed by atoms with van der Waals surface area (Å²) in [4.78, 5) is 14.1. The first kappa shape index (κ1) is 16.1. The van der Waals surface area contributed by atoms with Gasteiger partial charge in [-0.3, -0.25) is 4.79 Å². The first-order valence-corrected chi connectivity index (χ1v) is 8.16. The molecule has 0 spiro atoms. The molecule has 0 radical (unpaired) electrons. The van der Waals surface area contributed by atoms with Crippen molar-refractivity contribution in [1.29, 1.82) is 0 Å². The molecular weight excluding hydrogens is 298 g/mol. The van der Waals surface area contributed by atoms with Gasteiger partial charge in [-0.2, -0.15) is 0 Å². The van der Waals surface area contributed by atoms with Crippen LogP contribution < -0.4 is 9.64 Å². The lowest BCUT2D eigenvalue weighted by molar-refractivity contribution is -0.118. The van der Waals surface area contributed by atoms with Crippen molar-refractivity contribution in [2.45, 2.75) is 12.8 Å². The van der Waals surface area contributed by atoms with Gasteiger partial charge in [0.1, 0.15) is 12.4 Å². The minimum atomic E-state index is 0.167. The van der Waals surface area contributed by atoms with Crippen molar-refractivity contribution < 1.29 is 9.53 Å². The third-order valence-corrected chi connectivity index (χ3v) is 4.02. The van der Waals surface area contributed by atoms with Gasteiger partial charge in [0.15, 0.2) is 0 Å². The summed E-state index contributed by atoms with van der Waals surface area (Å²) in [7, 11) is 0. The lowest BCUT2D eigenvalue weighted by Gasteiger charge is -2.28. The minimum absolute atomic E-state index is 0.167. The van der Waals surface area contributed by atoms with E-state index in [0.717, 1.165) is 29.0 Å². The molecule has 0 aromatic heterocycles. The van der Waals surface area contributed by atoms with E-state index in [0.29, 0.717) is 19.6 Å². The molecule has 1 amide bonds. The Kier molecular flexibility index (Phi) is 5.12. The molecule has 0 fully saturated rings. The second-order valence-corrected chi connectivity index (χ2v) is 5.71.